The smallest absolute Gasteiger partial charge is 0.349 e. The number of amides is 1. The van der Waals surface area contributed by atoms with Gasteiger partial charge in [-0.3, -0.25) is 4.79 Å². The van der Waals surface area contributed by atoms with Crippen molar-refractivity contribution in [3.63, 3.8) is 0 Å². The Kier molecular flexibility index (Phi) is 5.64. The lowest BCUT2D eigenvalue weighted by Crippen LogP contribution is -2.54. The van der Waals surface area contributed by atoms with Gasteiger partial charge in [0, 0.05) is 17.0 Å². The Morgan fingerprint density at radius 3 is 2.91 bits per heavy atom. The van der Waals surface area contributed by atoms with Crippen molar-refractivity contribution in [2.45, 2.75) is 18.6 Å². The first-order chi connectivity index (χ1) is 10.5. The van der Waals surface area contributed by atoms with Gasteiger partial charge >= 0.3 is 5.63 Å². The van der Waals surface area contributed by atoms with Gasteiger partial charge < -0.3 is 20.2 Å². The van der Waals surface area contributed by atoms with Crippen LogP contribution in [0.3, 0.4) is 0 Å². The topological polar surface area (TPSA) is 91.6 Å². The molecule has 6 nitrogen and oxygen atoms in total. The molecule has 124 valence electrons. The zero-order valence-electron chi connectivity index (χ0n) is 12.0. The van der Waals surface area contributed by atoms with Crippen LogP contribution < -0.4 is 16.3 Å². The molecule has 1 aliphatic heterocycles. The molecule has 1 amide bonds. The summed E-state index contributed by atoms with van der Waals surface area (Å²) >= 11 is 5.90. The third-order valence-corrected chi connectivity index (χ3v) is 3.94. The fourth-order valence-corrected chi connectivity index (χ4v) is 2.67. The fourth-order valence-electron chi connectivity index (χ4n) is 2.49. The summed E-state index contributed by atoms with van der Waals surface area (Å²) in [5, 5.41) is 16.7. The van der Waals surface area contributed by atoms with Crippen molar-refractivity contribution >= 4 is 40.9 Å². The van der Waals surface area contributed by atoms with Crippen molar-refractivity contribution in [3.8, 4) is 0 Å². The zero-order valence-corrected chi connectivity index (χ0v) is 13.6. The maximum atomic E-state index is 12.3. The van der Waals surface area contributed by atoms with Crippen LogP contribution in [0.2, 0.25) is 5.02 Å². The zero-order chi connectivity index (χ0) is 15.7. The van der Waals surface area contributed by atoms with Gasteiger partial charge in [-0.25, -0.2) is 4.79 Å². The Labute approximate surface area is 143 Å². The average Bonchev–Trinajstić information content (AvgIpc) is 2.49. The predicted molar refractivity (Wildman–Crippen MR) is 89.5 cm³/mol. The number of aliphatic hydroxyl groups is 1. The summed E-state index contributed by atoms with van der Waals surface area (Å²) in [6.45, 7) is 1.15. The molecule has 1 fully saturated rings. The highest BCUT2D eigenvalue weighted by Crippen LogP contribution is 2.19. The first-order valence-electron chi connectivity index (χ1n) is 6.97. The highest BCUT2D eigenvalue weighted by atomic mass is 35.5. The quantitative estimate of drug-likeness (QED) is 0.704. The molecule has 0 aliphatic carbocycles. The molecular formula is C15H16Cl2N2O4. The molecule has 0 radical (unpaired) electrons. The number of rotatable bonds is 2. The van der Waals surface area contributed by atoms with Gasteiger partial charge in [-0.05, 0) is 37.2 Å². The predicted octanol–water partition coefficient (Wildman–Crippen LogP) is 1.32. The molecule has 2 atom stereocenters. The first-order valence-corrected chi connectivity index (χ1v) is 7.35. The van der Waals surface area contributed by atoms with Crippen molar-refractivity contribution < 1.29 is 14.3 Å². The Morgan fingerprint density at radius 2 is 2.17 bits per heavy atom. The van der Waals surface area contributed by atoms with Crippen molar-refractivity contribution in [1.82, 2.24) is 10.6 Å². The molecule has 2 aromatic rings. The van der Waals surface area contributed by atoms with Crippen LogP contribution in [0, 0.1) is 0 Å². The first kappa shape index (κ1) is 17.7. The molecular weight excluding hydrogens is 343 g/mol. The number of piperidine rings is 1. The largest absolute Gasteiger partial charge is 0.422 e. The third-order valence-electron chi connectivity index (χ3n) is 3.70. The Hall–Kier alpha value is -1.60. The maximum Gasteiger partial charge on any atom is 0.349 e. The van der Waals surface area contributed by atoms with E-state index in [1.807, 2.05) is 0 Å². The monoisotopic (exact) mass is 358 g/mol. The van der Waals surface area contributed by atoms with Gasteiger partial charge in [-0.15, -0.1) is 12.4 Å². The number of carbonyl (C=O) groups excluding carboxylic acids is 1. The number of fused-ring (bicyclic) bond motifs is 1. The molecule has 23 heavy (non-hydrogen) atoms. The number of hydrogen-bond acceptors (Lipinski definition) is 5. The Bertz CT molecular complexity index is 778. The highest BCUT2D eigenvalue weighted by Gasteiger charge is 2.26. The highest BCUT2D eigenvalue weighted by molar-refractivity contribution is 6.31. The molecule has 0 unspecified atom stereocenters. The molecule has 0 bridgehead atoms. The van der Waals surface area contributed by atoms with E-state index >= 15 is 0 Å². The minimum Gasteiger partial charge on any atom is -0.422 e. The van der Waals surface area contributed by atoms with Gasteiger partial charge in [0.15, 0.2) is 0 Å². The van der Waals surface area contributed by atoms with E-state index in [1.165, 1.54) is 6.07 Å². The summed E-state index contributed by atoms with van der Waals surface area (Å²) in [6.07, 6.45) is -0.0838. The van der Waals surface area contributed by atoms with Gasteiger partial charge in [0.2, 0.25) is 0 Å². The second-order valence-electron chi connectivity index (χ2n) is 5.27. The third kappa shape index (κ3) is 3.84. The molecule has 1 saturated heterocycles. The van der Waals surface area contributed by atoms with Crippen LogP contribution in [0.4, 0.5) is 0 Å². The number of hydrogen-bond donors (Lipinski definition) is 3. The van der Waals surface area contributed by atoms with Crippen molar-refractivity contribution in [2.75, 3.05) is 13.1 Å². The molecule has 1 aliphatic rings. The minimum atomic E-state index is -0.717. The lowest BCUT2D eigenvalue weighted by Gasteiger charge is -2.28. The number of halogens is 2. The van der Waals surface area contributed by atoms with Crippen LogP contribution in [0.25, 0.3) is 11.0 Å². The number of nitrogens with one attached hydrogen (secondary N) is 2. The molecule has 0 spiro atoms. The van der Waals surface area contributed by atoms with E-state index in [-0.39, 0.29) is 18.0 Å². The molecule has 1 aromatic heterocycles. The standard InChI is InChI=1S/C15H15ClN2O4.ClH/c16-9-1-2-13-8(5-9)6-10(15(21)22-13)14(20)18-11-7-17-4-3-12(11)19;/h1-2,5-6,11-12,17,19H,3-4,7H2,(H,18,20);1H/t11-,12+;/m0./s1. The normalized spacial score (nSPS) is 20.8. The van der Waals surface area contributed by atoms with Crippen molar-refractivity contribution in [1.29, 1.82) is 0 Å². The lowest BCUT2D eigenvalue weighted by molar-refractivity contribution is 0.0752. The van der Waals surface area contributed by atoms with E-state index in [0.29, 0.717) is 35.5 Å². The maximum absolute atomic E-state index is 12.3. The summed E-state index contributed by atoms with van der Waals surface area (Å²) in [4.78, 5) is 24.2. The van der Waals surface area contributed by atoms with E-state index in [0.717, 1.165) is 0 Å². The Morgan fingerprint density at radius 1 is 1.39 bits per heavy atom. The number of carbonyl (C=O) groups is 1. The number of aliphatic hydroxyl groups excluding tert-OH is 1. The van der Waals surface area contributed by atoms with Crippen LogP contribution >= 0.6 is 24.0 Å². The molecule has 3 rings (SSSR count). The molecule has 2 heterocycles. The Balaban J connectivity index is 0.00000192. The lowest BCUT2D eigenvalue weighted by atomic mass is 10.0. The van der Waals surface area contributed by atoms with E-state index in [9.17, 15) is 14.7 Å². The van der Waals surface area contributed by atoms with Crippen LogP contribution in [0.1, 0.15) is 16.8 Å². The van der Waals surface area contributed by atoms with E-state index < -0.39 is 23.7 Å². The minimum absolute atomic E-state index is 0. The van der Waals surface area contributed by atoms with E-state index in [4.69, 9.17) is 16.0 Å². The van der Waals surface area contributed by atoms with Gasteiger partial charge in [-0.1, -0.05) is 11.6 Å². The van der Waals surface area contributed by atoms with Crippen molar-refractivity contribution in [2.24, 2.45) is 0 Å². The fraction of sp³-hybridized carbons (Fsp3) is 0.333. The van der Waals surface area contributed by atoms with Crippen LogP contribution in [0.15, 0.2) is 33.5 Å². The van der Waals surface area contributed by atoms with Gasteiger partial charge in [0.05, 0.1) is 12.1 Å². The number of benzene rings is 1. The van der Waals surface area contributed by atoms with Crippen LogP contribution in [-0.4, -0.2) is 36.2 Å². The average molecular weight is 359 g/mol. The van der Waals surface area contributed by atoms with E-state index in [2.05, 4.69) is 10.6 Å². The molecule has 3 N–H and O–H groups in total. The van der Waals surface area contributed by atoms with Gasteiger partial charge in [0.1, 0.15) is 11.1 Å². The van der Waals surface area contributed by atoms with Crippen LogP contribution in [0.5, 0.6) is 0 Å². The summed E-state index contributed by atoms with van der Waals surface area (Å²) in [7, 11) is 0. The molecule has 8 heteroatoms. The second kappa shape index (κ2) is 7.31. The van der Waals surface area contributed by atoms with E-state index in [1.54, 1.807) is 18.2 Å². The van der Waals surface area contributed by atoms with Gasteiger partial charge in [0.25, 0.3) is 5.91 Å². The summed E-state index contributed by atoms with van der Waals surface area (Å²) in [6, 6.07) is 5.82. The molecule has 1 aromatic carbocycles. The summed E-state index contributed by atoms with van der Waals surface area (Å²) in [5.74, 6) is -0.566. The summed E-state index contributed by atoms with van der Waals surface area (Å²) < 4.78 is 5.13. The van der Waals surface area contributed by atoms with Crippen LogP contribution in [-0.2, 0) is 0 Å². The molecule has 0 saturated carbocycles. The summed E-state index contributed by atoms with van der Waals surface area (Å²) in [5.41, 5.74) is -0.455. The second-order valence-corrected chi connectivity index (χ2v) is 5.71. The van der Waals surface area contributed by atoms with Gasteiger partial charge in [-0.2, -0.15) is 0 Å². The van der Waals surface area contributed by atoms with Crippen molar-refractivity contribution in [3.05, 3.63) is 45.3 Å². The SMILES string of the molecule is Cl.O=C(N[C@H]1CNCC[C@H]1O)c1cc2cc(Cl)ccc2oc1=O.